The summed E-state index contributed by atoms with van der Waals surface area (Å²) in [4.78, 5) is 15.1. The molecule has 0 aromatic carbocycles. The lowest BCUT2D eigenvalue weighted by Crippen LogP contribution is -2.45. The van der Waals surface area contributed by atoms with Crippen LogP contribution in [0.2, 0.25) is 0 Å². The minimum absolute atomic E-state index is 0.245. The molecule has 1 aliphatic heterocycles. The molecule has 1 saturated heterocycles. The number of rotatable bonds is 5. The number of hydrogen-bond acceptors (Lipinski definition) is 5. The Morgan fingerprint density at radius 2 is 2.11 bits per heavy atom. The third kappa shape index (κ3) is 4.89. The molecule has 2 N–H and O–H groups in total. The van der Waals surface area contributed by atoms with E-state index in [0.717, 1.165) is 6.26 Å². The third-order valence-corrected chi connectivity index (χ3v) is 3.45. The minimum atomic E-state index is -3.36. The molecule has 1 heterocycles. The second-order valence-electron chi connectivity index (χ2n) is 5.12. The smallest absolute Gasteiger partial charge is 0.237 e. The molecule has 8 heteroatoms. The molecule has 7 nitrogen and oxygen atoms in total. The monoisotopic (exact) mass is 279 g/mol. The molecule has 0 spiro atoms. The van der Waals surface area contributed by atoms with Crippen molar-refractivity contribution in [1.29, 1.82) is 0 Å². The largest absolute Gasteiger partial charge is 0.387 e. The standard InChI is InChI=1S/C10H21N3O4S/c1-12(2)7-10(15)4-5-13(8-10)9(14)6-11-18(3,16)17/h11,15H,4-8H2,1-3H3. The van der Waals surface area contributed by atoms with E-state index in [4.69, 9.17) is 0 Å². The SMILES string of the molecule is CN(C)CC1(O)CCN(C(=O)CNS(C)(=O)=O)C1. The highest BCUT2D eigenvalue weighted by Crippen LogP contribution is 2.21. The van der Waals surface area contributed by atoms with E-state index in [1.165, 1.54) is 4.90 Å². The molecule has 18 heavy (non-hydrogen) atoms. The summed E-state index contributed by atoms with van der Waals surface area (Å²) in [5.41, 5.74) is -0.899. The van der Waals surface area contributed by atoms with Crippen LogP contribution in [0.25, 0.3) is 0 Å². The van der Waals surface area contributed by atoms with Crippen LogP contribution in [-0.2, 0) is 14.8 Å². The molecule has 1 aliphatic rings. The van der Waals surface area contributed by atoms with E-state index in [2.05, 4.69) is 4.72 Å². The lowest BCUT2D eigenvalue weighted by atomic mass is 10.0. The zero-order valence-electron chi connectivity index (χ0n) is 11.0. The van der Waals surface area contributed by atoms with Gasteiger partial charge in [0, 0.05) is 13.1 Å². The highest BCUT2D eigenvalue weighted by atomic mass is 32.2. The summed E-state index contributed by atoms with van der Waals surface area (Å²) >= 11 is 0. The van der Waals surface area contributed by atoms with Crippen molar-refractivity contribution in [1.82, 2.24) is 14.5 Å². The second-order valence-corrected chi connectivity index (χ2v) is 6.95. The van der Waals surface area contributed by atoms with Gasteiger partial charge in [0.2, 0.25) is 15.9 Å². The number of likely N-dealkylation sites (N-methyl/N-ethyl adjacent to an activating group) is 1. The number of aliphatic hydroxyl groups is 1. The predicted octanol–water partition coefficient (Wildman–Crippen LogP) is -1.94. The number of sulfonamides is 1. The Balaban J connectivity index is 2.48. The van der Waals surface area contributed by atoms with Gasteiger partial charge in [-0.3, -0.25) is 4.79 Å². The Kier molecular flexibility index (Phi) is 4.71. The fourth-order valence-electron chi connectivity index (χ4n) is 2.09. The average Bonchev–Trinajstić information content (AvgIpc) is 2.54. The minimum Gasteiger partial charge on any atom is -0.387 e. The molecule has 0 bridgehead atoms. The highest BCUT2D eigenvalue weighted by Gasteiger charge is 2.38. The van der Waals surface area contributed by atoms with Gasteiger partial charge in [0.1, 0.15) is 0 Å². The van der Waals surface area contributed by atoms with Crippen molar-refractivity contribution in [3.63, 3.8) is 0 Å². The molecule has 106 valence electrons. The van der Waals surface area contributed by atoms with Gasteiger partial charge >= 0.3 is 0 Å². The Bertz CT molecular complexity index is 409. The van der Waals surface area contributed by atoms with Crippen molar-refractivity contribution < 1.29 is 18.3 Å². The van der Waals surface area contributed by atoms with Crippen molar-refractivity contribution in [3.8, 4) is 0 Å². The van der Waals surface area contributed by atoms with E-state index in [1.807, 2.05) is 19.0 Å². The van der Waals surface area contributed by atoms with Crippen LogP contribution in [0.3, 0.4) is 0 Å². The Morgan fingerprint density at radius 1 is 1.50 bits per heavy atom. The first-order valence-electron chi connectivity index (χ1n) is 5.71. The molecule has 0 aromatic heterocycles. The number of carbonyl (C=O) groups is 1. The number of likely N-dealkylation sites (tertiary alicyclic amines) is 1. The number of hydrogen-bond donors (Lipinski definition) is 2. The van der Waals surface area contributed by atoms with Gasteiger partial charge in [0.25, 0.3) is 0 Å². The summed E-state index contributed by atoms with van der Waals surface area (Å²) in [5.74, 6) is -0.310. The first-order chi connectivity index (χ1) is 8.11. The molecular weight excluding hydrogens is 258 g/mol. The molecule has 1 amide bonds. The number of amides is 1. The summed E-state index contributed by atoms with van der Waals surface area (Å²) in [6.07, 6.45) is 1.52. The first-order valence-corrected chi connectivity index (χ1v) is 7.60. The van der Waals surface area contributed by atoms with E-state index >= 15 is 0 Å². The number of carbonyl (C=O) groups excluding carboxylic acids is 1. The van der Waals surface area contributed by atoms with Crippen molar-refractivity contribution in [3.05, 3.63) is 0 Å². The van der Waals surface area contributed by atoms with Crippen LogP contribution in [0.5, 0.6) is 0 Å². The molecule has 1 atom stereocenters. The van der Waals surface area contributed by atoms with Gasteiger partial charge in [0.15, 0.2) is 0 Å². The molecular formula is C10H21N3O4S. The summed E-state index contributed by atoms with van der Waals surface area (Å²) in [6.45, 7) is 0.928. The zero-order chi connectivity index (χ0) is 14.0. The van der Waals surface area contributed by atoms with Gasteiger partial charge in [-0.1, -0.05) is 0 Å². The van der Waals surface area contributed by atoms with Crippen LogP contribution in [0.4, 0.5) is 0 Å². The van der Waals surface area contributed by atoms with Crippen LogP contribution in [0.15, 0.2) is 0 Å². The molecule has 0 aliphatic carbocycles. The van der Waals surface area contributed by atoms with Gasteiger partial charge in [-0.05, 0) is 20.5 Å². The summed E-state index contributed by atoms with van der Waals surface area (Å²) in [7, 11) is 0.345. The van der Waals surface area contributed by atoms with E-state index in [-0.39, 0.29) is 19.0 Å². The number of nitrogens with zero attached hydrogens (tertiary/aromatic N) is 2. The van der Waals surface area contributed by atoms with Crippen LogP contribution >= 0.6 is 0 Å². The molecule has 1 fully saturated rings. The van der Waals surface area contributed by atoms with Gasteiger partial charge in [-0.15, -0.1) is 0 Å². The predicted molar refractivity (Wildman–Crippen MR) is 67.5 cm³/mol. The Hall–Kier alpha value is -0.700. The van der Waals surface area contributed by atoms with Crippen LogP contribution in [-0.4, -0.2) is 81.4 Å². The second kappa shape index (κ2) is 5.52. The quantitative estimate of drug-likeness (QED) is 0.611. The van der Waals surface area contributed by atoms with Crippen LogP contribution < -0.4 is 4.72 Å². The van der Waals surface area contributed by atoms with Crippen LogP contribution in [0.1, 0.15) is 6.42 Å². The zero-order valence-corrected chi connectivity index (χ0v) is 11.8. The average molecular weight is 279 g/mol. The van der Waals surface area contributed by atoms with E-state index in [9.17, 15) is 18.3 Å². The molecule has 0 saturated carbocycles. The number of nitrogens with one attached hydrogen (secondary N) is 1. The van der Waals surface area contributed by atoms with Gasteiger partial charge in [0.05, 0.1) is 24.9 Å². The summed E-state index contributed by atoms with van der Waals surface area (Å²) in [6, 6.07) is 0. The topological polar surface area (TPSA) is 89.9 Å². The Labute approximate surface area is 108 Å². The fourth-order valence-corrected chi connectivity index (χ4v) is 2.48. The van der Waals surface area contributed by atoms with E-state index < -0.39 is 15.6 Å². The van der Waals surface area contributed by atoms with E-state index in [0.29, 0.717) is 19.5 Å². The van der Waals surface area contributed by atoms with Gasteiger partial charge in [-0.2, -0.15) is 0 Å². The fraction of sp³-hybridized carbons (Fsp3) is 0.900. The van der Waals surface area contributed by atoms with Crippen LogP contribution in [0, 0.1) is 0 Å². The number of β-amino-alcohol motifs (C(OH)–C–C–N with tert-alkyl or cyclic N) is 1. The molecule has 1 unspecified atom stereocenters. The van der Waals surface area contributed by atoms with Gasteiger partial charge < -0.3 is 14.9 Å². The van der Waals surface area contributed by atoms with Crippen molar-refractivity contribution in [2.45, 2.75) is 12.0 Å². The maximum absolute atomic E-state index is 11.7. The summed E-state index contributed by atoms with van der Waals surface area (Å²) < 4.78 is 23.9. The maximum atomic E-state index is 11.7. The van der Waals surface area contributed by atoms with Gasteiger partial charge in [-0.25, -0.2) is 13.1 Å². The maximum Gasteiger partial charge on any atom is 0.237 e. The Morgan fingerprint density at radius 3 is 2.61 bits per heavy atom. The molecule has 0 aromatic rings. The molecule has 0 radical (unpaired) electrons. The lowest BCUT2D eigenvalue weighted by molar-refractivity contribution is -0.130. The van der Waals surface area contributed by atoms with E-state index in [1.54, 1.807) is 0 Å². The van der Waals surface area contributed by atoms with Crippen molar-refractivity contribution >= 4 is 15.9 Å². The molecule has 1 rings (SSSR count). The summed E-state index contributed by atoms with van der Waals surface area (Å²) in [5, 5.41) is 10.2. The van der Waals surface area contributed by atoms with Crippen molar-refractivity contribution in [2.24, 2.45) is 0 Å². The first kappa shape index (κ1) is 15.4. The third-order valence-electron chi connectivity index (χ3n) is 2.78. The normalized spacial score (nSPS) is 24.8. The van der Waals surface area contributed by atoms with Crippen molar-refractivity contribution in [2.75, 3.05) is 46.5 Å². The highest BCUT2D eigenvalue weighted by molar-refractivity contribution is 7.88. The lowest BCUT2D eigenvalue weighted by Gasteiger charge is -2.26.